The van der Waals surface area contributed by atoms with E-state index >= 15 is 0 Å². The predicted molar refractivity (Wildman–Crippen MR) is 86.0 cm³/mol. The highest BCUT2D eigenvalue weighted by Gasteiger charge is 2.19. The van der Waals surface area contributed by atoms with Crippen LogP contribution in [-0.4, -0.2) is 51.5 Å². The molecule has 1 aromatic heterocycles. The smallest absolute Gasteiger partial charge is 0.325 e. The Hall–Kier alpha value is -2.44. The van der Waals surface area contributed by atoms with Crippen LogP contribution in [0.1, 0.15) is 37.6 Å². The Balaban J connectivity index is 2.23. The molecule has 0 aliphatic rings. The summed E-state index contributed by atoms with van der Waals surface area (Å²) in [6.45, 7) is 7.16. The van der Waals surface area contributed by atoms with Gasteiger partial charge in [0.25, 0.3) is 5.91 Å². The van der Waals surface area contributed by atoms with Crippen LogP contribution in [0.3, 0.4) is 0 Å². The van der Waals surface area contributed by atoms with Gasteiger partial charge in [-0.1, -0.05) is 12.1 Å². The van der Waals surface area contributed by atoms with Gasteiger partial charge in [-0.05, 0) is 38.5 Å². The van der Waals surface area contributed by atoms with Crippen LogP contribution in [0, 0.1) is 0 Å². The van der Waals surface area contributed by atoms with Crippen molar-refractivity contribution >= 4 is 22.9 Å². The van der Waals surface area contributed by atoms with Crippen LogP contribution in [0.5, 0.6) is 0 Å². The number of carbonyl (C=O) groups excluding carboxylic acids is 2. The van der Waals surface area contributed by atoms with Crippen LogP contribution < -0.4 is 0 Å². The molecule has 0 unspecified atom stereocenters. The summed E-state index contributed by atoms with van der Waals surface area (Å²) >= 11 is 0. The second-order valence-electron chi connectivity index (χ2n) is 5.14. The lowest BCUT2D eigenvalue weighted by molar-refractivity contribution is -0.143. The van der Waals surface area contributed by atoms with Crippen LogP contribution in [0.2, 0.25) is 0 Å². The number of nitrogens with zero attached hydrogens (tertiary/aromatic N) is 4. The second-order valence-corrected chi connectivity index (χ2v) is 5.14. The molecule has 23 heavy (non-hydrogen) atoms. The van der Waals surface area contributed by atoms with Crippen molar-refractivity contribution in [3.8, 4) is 0 Å². The van der Waals surface area contributed by atoms with Crippen LogP contribution in [0.25, 0.3) is 11.0 Å². The first-order valence-electron chi connectivity index (χ1n) is 7.88. The fourth-order valence-corrected chi connectivity index (χ4v) is 2.41. The molecule has 7 heteroatoms. The Morgan fingerprint density at radius 3 is 2.70 bits per heavy atom. The molecular weight excluding hydrogens is 296 g/mol. The molecule has 2 rings (SSSR count). The van der Waals surface area contributed by atoms with Crippen LogP contribution >= 0.6 is 0 Å². The molecule has 0 radical (unpaired) electrons. The summed E-state index contributed by atoms with van der Waals surface area (Å²) in [5, 5.41) is 8.11. The number of amides is 1. The minimum Gasteiger partial charge on any atom is -0.465 e. The van der Waals surface area contributed by atoms with E-state index < -0.39 is 5.97 Å². The van der Waals surface area contributed by atoms with Gasteiger partial charge in [0.2, 0.25) is 0 Å². The molecule has 1 amide bonds. The fraction of sp³-hybridized carbons (Fsp3) is 0.500. The predicted octanol–water partition coefficient (Wildman–Crippen LogP) is 1.87. The third-order valence-corrected chi connectivity index (χ3v) is 3.47. The van der Waals surface area contributed by atoms with Crippen molar-refractivity contribution in [2.24, 2.45) is 0 Å². The van der Waals surface area contributed by atoms with Crippen molar-refractivity contribution < 1.29 is 14.3 Å². The Labute approximate surface area is 135 Å². The molecule has 124 valence electrons. The highest BCUT2D eigenvalue weighted by Crippen LogP contribution is 2.15. The zero-order valence-electron chi connectivity index (χ0n) is 13.8. The van der Waals surface area contributed by atoms with Crippen molar-refractivity contribution in [1.82, 2.24) is 19.9 Å². The molecule has 0 fully saturated rings. The van der Waals surface area contributed by atoms with Crippen molar-refractivity contribution in [2.45, 2.75) is 33.7 Å². The summed E-state index contributed by atoms with van der Waals surface area (Å²) in [5.41, 5.74) is 2.06. The van der Waals surface area contributed by atoms with Gasteiger partial charge in [0.1, 0.15) is 12.1 Å². The number of carbonyl (C=O) groups is 2. The van der Waals surface area contributed by atoms with Gasteiger partial charge in [0.05, 0.1) is 12.1 Å². The average Bonchev–Trinajstić information content (AvgIpc) is 2.96. The van der Waals surface area contributed by atoms with Gasteiger partial charge in [-0.2, -0.15) is 0 Å². The molecule has 1 aromatic carbocycles. The molecule has 0 saturated heterocycles. The SMILES string of the molecule is CCCN(CC(=O)OCC)C(=O)c1ccc2c(c1)nnn2CC. The minimum atomic E-state index is -0.396. The molecule has 0 atom stereocenters. The standard InChI is InChI=1S/C16H22N4O3/c1-4-9-19(11-15(21)23-6-3)16(22)12-7-8-14-13(10-12)17-18-20(14)5-2/h7-8,10H,4-6,9,11H2,1-3H3. The summed E-state index contributed by atoms with van der Waals surface area (Å²) in [4.78, 5) is 25.8. The van der Waals surface area contributed by atoms with E-state index in [0.717, 1.165) is 11.9 Å². The molecule has 0 aliphatic carbocycles. The molecule has 0 aliphatic heterocycles. The van der Waals surface area contributed by atoms with Crippen molar-refractivity contribution in [2.75, 3.05) is 19.7 Å². The zero-order chi connectivity index (χ0) is 16.8. The Morgan fingerprint density at radius 1 is 1.26 bits per heavy atom. The number of aryl methyl sites for hydroxylation is 1. The van der Waals surface area contributed by atoms with E-state index in [1.807, 2.05) is 19.9 Å². The van der Waals surface area contributed by atoms with Gasteiger partial charge >= 0.3 is 5.97 Å². The Bertz CT molecular complexity index is 696. The largest absolute Gasteiger partial charge is 0.465 e. The van der Waals surface area contributed by atoms with E-state index in [-0.39, 0.29) is 12.5 Å². The molecule has 0 bridgehead atoms. The van der Waals surface area contributed by atoms with Crippen LogP contribution in [0.15, 0.2) is 18.2 Å². The van der Waals surface area contributed by atoms with Crippen LogP contribution in [0.4, 0.5) is 0 Å². The summed E-state index contributed by atoms with van der Waals surface area (Å²) in [7, 11) is 0. The molecule has 2 aromatic rings. The Morgan fingerprint density at radius 2 is 2.04 bits per heavy atom. The molecule has 0 saturated carbocycles. The molecule has 7 nitrogen and oxygen atoms in total. The average molecular weight is 318 g/mol. The number of hydrogen-bond donors (Lipinski definition) is 0. The number of esters is 1. The second kappa shape index (κ2) is 7.71. The van der Waals surface area contributed by atoms with E-state index in [9.17, 15) is 9.59 Å². The number of rotatable bonds is 7. The topological polar surface area (TPSA) is 77.3 Å². The van der Waals surface area contributed by atoms with Gasteiger partial charge in [0, 0.05) is 18.7 Å². The van der Waals surface area contributed by atoms with Gasteiger partial charge in [0.15, 0.2) is 0 Å². The monoisotopic (exact) mass is 318 g/mol. The van der Waals surface area contributed by atoms with E-state index in [0.29, 0.717) is 30.8 Å². The quantitative estimate of drug-likeness (QED) is 0.728. The fourth-order valence-electron chi connectivity index (χ4n) is 2.41. The van der Waals surface area contributed by atoms with E-state index in [2.05, 4.69) is 10.3 Å². The lowest BCUT2D eigenvalue weighted by atomic mass is 10.1. The molecule has 1 heterocycles. The molecule has 0 N–H and O–H groups in total. The number of ether oxygens (including phenoxy) is 1. The first kappa shape index (κ1) is 16.9. The number of hydrogen-bond acceptors (Lipinski definition) is 5. The maximum absolute atomic E-state index is 12.7. The first-order valence-corrected chi connectivity index (χ1v) is 7.88. The summed E-state index contributed by atoms with van der Waals surface area (Å²) in [5.74, 6) is -0.597. The number of aromatic nitrogens is 3. The summed E-state index contributed by atoms with van der Waals surface area (Å²) in [6.07, 6.45) is 0.763. The van der Waals surface area contributed by atoms with Gasteiger partial charge < -0.3 is 9.64 Å². The van der Waals surface area contributed by atoms with Gasteiger partial charge in [-0.15, -0.1) is 5.10 Å². The highest BCUT2D eigenvalue weighted by atomic mass is 16.5. The number of fused-ring (bicyclic) bond motifs is 1. The minimum absolute atomic E-state index is 0.0415. The third kappa shape index (κ3) is 3.85. The lowest BCUT2D eigenvalue weighted by Gasteiger charge is -2.21. The van der Waals surface area contributed by atoms with Crippen molar-refractivity contribution in [3.63, 3.8) is 0 Å². The maximum atomic E-state index is 12.7. The zero-order valence-corrected chi connectivity index (χ0v) is 13.8. The normalized spacial score (nSPS) is 10.7. The summed E-state index contributed by atoms with van der Waals surface area (Å²) < 4.78 is 6.70. The van der Waals surface area contributed by atoms with E-state index in [4.69, 9.17) is 4.74 Å². The maximum Gasteiger partial charge on any atom is 0.325 e. The van der Waals surface area contributed by atoms with Crippen LogP contribution in [-0.2, 0) is 16.1 Å². The lowest BCUT2D eigenvalue weighted by Crippen LogP contribution is -2.37. The highest BCUT2D eigenvalue weighted by molar-refractivity contribution is 5.98. The van der Waals surface area contributed by atoms with Crippen molar-refractivity contribution in [1.29, 1.82) is 0 Å². The molecule has 0 spiro atoms. The Kier molecular flexibility index (Phi) is 5.67. The first-order chi connectivity index (χ1) is 11.1. The van der Waals surface area contributed by atoms with E-state index in [1.54, 1.807) is 23.7 Å². The summed E-state index contributed by atoms with van der Waals surface area (Å²) in [6, 6.07) is 5.29. The van der Waals surface area contributed by atoms with E-state index in [1.165, 1.54) is 4.90 Å². The van der Waals surface area contributed by atoms with Crippen molar-refractivity contribution in [3.05, 3.63) is 23.8 Å². The van der Waals surface area contributed by atoms with Gasteiger partial charge in [-0.25, -0.2) is 4.68 Å². The molecular formula is C16H22N4O3. The van der Waals surface area contributed by atoms with Gasteiger partial charge in [-0.3, -0.25) is 9.59 Å². The number of benzene rings is 1. The third-order valence-electron chi connectivity index (χ3n) is 3.47.